The Hall–Kier alpha value is -3.80. The average molecular weight is 348 g/mol. The molecule has 3 aromatic carbocycles. The van der Waals surface area contributed by atoms with Crippen molar-refractivity contribution in [2.75, 3.05) is 11.5 Å². The number of nitrogen functional groups attached to an aromatic ring is 2. The SMILES string of the molecule is Nc1ccc(OC(=O)c2cccc(C(=O)Oc3ccc(N)cc3)c2)cc1. The van der Waals surface area contributed by atoms with Crippen LogP contribution in [0.2, 0.25) is 0 Å². The molecule has 0 unspecified atom stereocenters. The summed E-state index contributed by atoms with van der Waals surface area (Å²) in [7, 11) is 0. The standard InChI is InChI=1S/C20H16N2O4/c21-15-4-8-17(9-5-15)25-19(23)13-2-1-3-14(12-13)20(24)26-18-10-6-16(22)7-11-18/h1-12H,21-22H2. The monoisotopic (exact) mass is 348 g/mol. The van der Waals surface area contributed by atoms with Crippen molar-refractivity contribution >= 4 is 23.3 Å². The largest absolute Gasteiger partial charge is 0.423 e. The van der Waals surface area contributed by atoms with E-state index in [1.165, 1.54) is 6.07 Å². The van der Waals surface area contributed by atoms with Crippen LogP contribution in [0, 0.1) is 0 Å². The minimum Gasteiger partial charge on any atom is -0.423 e. The van der Waals surface area contributed by atoms with Crippen molar-refractivity contribution < 1.29 is 19.1 Å². The van der Waals surface area contributed by atoms with Gasteiger partial charge in [-0.3, -0.25) is 0 Å². The lowest BCUT2D eigenvalue weighted by atomic mass is 10.1. The molecule has 0 atom stereocenters. The molecule has 0 saturated heterocycles. The number of hydrogen-bond acceptors (Lipinski definition) is 6. The number of rotatable bonds is 4. The van der Waals surface area contributed by atoms with Crippen molar-refractivity contribution in [3.8, 4) is 11.5 Å². The van der Waals surface area contributed by atoms with Crippen LogP contribution < -0.4 is 20.9 Å². The first-order valence-corrected chi connectivity index (χ1v) is 7.77. The number of carbonyl (C=O) groups is 2. The van der Waals surface area contributed by atoms with Gasteiger partial charge in [0.25, 0.3) is 0 Å². The molecule has 0 amide bonds. The maximum atomic E-state index is 12.3. The third kappa shape index (κ3) is 4.18. The van der Waals surface area contributed by atoms with Crippen molar-refractivity contribution in [3.63, 3.8) is 0 Å². The lowest BCUT2D eigenvalue weighted by Crippen LogP contribution is -2.12. The van der Waals surface area contributed by atoms with E-state index in [0.717, 1.165) is 0 Å². The van der Waals surface area contributed by atoms with Gasteiger partial charge in [0.05, 0.1) is 11.1 Å². The first-order chi connectivity index (χ1) is 12.5. The van der Waals surface area contributed by atoms with Crippen molar-refractivity contribution in [1.82, 2.24) is 0 Å². The molecule has 0 heterocycles. The number of hydrogen-bond donors (Lipinski definition) is 2. The normalized spacial score (nSPS) is 10.2. The van der Waals surface area contributed by atoms with Crippen molar-refractivity contribution in [2.45, 2.75) is 0 Å². The van der Waals surface area contributed by atoms with Gasteiger partial charge in [0, 0.05) is 11.4 Å². The van der Waals surface area contributed by atoms with Crippen molar-refractivity contribution in [1.29, 1.82) is 0 Å². The van der Waals surface area contributed by atoms with Crippen LogP contribution in [0.4, 0.5) is 11.4 Å². The summed E-state index contributed by atoms with van der Waals surface area (Å²) in [4.78, 5) is 24.5. The van der Waals surface area contributed by atoms with E-state index in [-0.39, 0.29) is 11.1 Å². The van der Waals surface area contributed by atoms with E-state index in [0.29, 0.717) is 22.9 Å². The predicted octanol–water partition coefficient (Wildman–Crippen LogP) is 3.29. The summed E-state index contributed by atoms with van der Waals surface area (Å²) in [5.41, 5.74) is 12.8. The van der Waals surface area contributed by atoms with Crippen LogP contribution in [0.15, 0.2) is 72.8 Å². The van der Waals surface area contributed by atoms with Crippen LogP contribution in [0.1, 0.15) is 20.7 Å². The maximum absolute atomic E-state index is 12.3. The summed E-state index contributed by atoms with van der Waals surface area (Å²) in [6.45, 7) is 0. The summed E-state index contributed by atoms with van der Waals surface area (Å²) in [5.74, 6) is -0.452. The smallest absolute Gasteiger partial charge is 0.343 e. The molecule has 0 spiro atoms. The first kappa shape index (κ1) is 17.0. The first-order valence-electron chi connectivity index (χ1n) is 7.77. The van der Waals surface area contributed by atoms with Gasteiger partial charge >= 0.3 is 11.9 Å². The second-order valence-electron chi connectivity index (χ2n) is 5.50. The number of ether oxygens (including phenoxy) is 2. The Morgan fingerprint density at radius 3 is 1.38 bits per heavy atom. The van der Waals surface area contributed by atoms with Gasteiger partial charge in [0.1, 0.15) is 11.5 Å². The Morgan fingerprint density at radius 2 is 1.00 bits per heavy atom. The summed E-state index contributed by atoms with van der Waals surface area (Å²) >= 11 is 0. The zero-order chi connectivity index (χ0) is 18.5. The molecule has 0 saturated carbocycles. The molecular formula is C20H16N2O4. The van der Waals surface area contributed by atoms with Gasteiger partial charge in [0.2, 0.25) is 0 Å². The molecule has 0 aliphatic rings. The van der Waals surface area contributed by atoms with Crippen molar-refractivity contribution in [3.05, 3.63) is 83.9 Å². The highest BCUT2D eigenvalue weighted by Gasteiger charge is 2.14. The number of esters is 2. The van der Waals surface area contributed by atoms with Crippen LogP contribution in [-0.4, -0.2) is 11.9 Å². The molecule has 6 nitrogen and oxygen atoms in total. The zero-order valence-electron chi connectivity index (χ0n) is 13.7. The van der Waals surface area contributed by atoms with Crippen LogP contribution in [0.5, 0.6) is 11.5 Å². The van der Waals surface area contributed by atoms with Gasteiger partial charge in [-0.15, -0.1) is 0 Å². The molecule has 3 rings (SSSR count). The van der Waals surface area contributed by atoms with E-state index < -0.39 is 11.9 Å². The lowest BCUT2D eigenvalue weighted by molar-refractivity contribution is 0.0734. The molecule has 0 radical (unpaired) electrons. The third-order valence-corrected chi connectivity index (χ3v) is 3.52. The van der Waals surface area contributed by atoms with E-state index >= 15 is 0 Å². The van der Waals surface area contributed by atoms with Gasteiger partial charge in [-0.1, -0.05) is 6.07 Å². The average Bonchev–Trinajstić information content (AvgIpc) is 2.65. The quantitative estimate of drug-likeness (QED) is 0.426. The topological polar surface area (TPSA) is 105 Å². The Kier molecular flexibility index (Phi) is 4.85. The van der Waals surface area contributed by atoms with E-state index in [2.05, 4.69) is 0 Å². The van der Waals surface area contributed by atoms with E-state index in [1.807, 2.05) is 0 Å². The summed E-state index contributed by atoms with van der Waals surface area (Å²) in [6.07, 6.45) is 0. The number of nitrogens with two attached hydrogens (primary N) is 2. The zero-order valence-corrected chi connectivity index (χ0v) is 13.7. The highest BCUT2D eigenvalue weighted by molar-refractivity contribution is 5.96. The summed E-state index contributed by atoms with van der Waals surface area (Å²) < 4.78 is 10.5. The molecule has 0 bridgehead atoms. The minimum absolute atomic E-state index is 0.230. The molecule has 26 heavy (non-hydrogen) atoms. The second kappa shape index (κ2) is 7.40. The van der Waals surface area contributed by atoms with Gasteiger partial charge < -0.3 is 20.9 Å². The third-order valence-electron chi connectivity index (χ3n) is 3.52. The molecule has 0 aromatic heterocycles. The van der Waals surface area contributed by atoms with Crippen LogP contribution in [-0.2, 0) is 0 Å². The van der Waals surface area contributed by atoms with Gasteiger partial charge in [0.15, 0.2) is 0 Å². The molecular weight excluding hydrogens is 332 g/mol. The fourth-order valence-electron chi connectivity index (χ4n) is 2.18. The molecule has 0 aliphatic carbocycles. The molecule has 3 aromatic rings. The molecule has 0 aliphatic heterocycles. The fourth-order valence-corrected chi connectivity index (χ4v) is 2.18. The van der Waals surface area contributed by atoms with E-state index in [9.17, 15) is 9.59 Å². The number of carbonyl (C=O) groups excluding carboxylic acids is 2. The van der Waals surface area contributed by atoms with Crippen LogP contribution >= 0.6 is 0 Å². The van der Waals surface area contributed by atoms with Gasteiger partial charge in [-0.05, 0) is 66.7 Å². The van der Waals surface area contributed by atoms with Crippen LogP contribution in [0.3, 0.4) is 0 Å². The second-order valence-corrected chi connectivity index (χ2v) is 5.50. The van der Waals surface area contributed by atoms with Crippen LogP contribution in [0.25, 0.3) is 0 Å². The highest BCUT2D eigenvalue weighted by Crippen LogP contribution is 2.18. The molecule has 6 heteroatoms. The van der Waals surface area contributed by atoms with Crippen molar-refractivity contribution in [2.24, 2.45) is 0 Å². The summed E-state index contributed by atoms with van der Waals surface area (Å²) in [6, 6.07) is 19.0. The predicted molar refractivity (Wildman–Crippen MR) is 98.1 cm³/mol. The number of benzene rings is 3. The fraction of sp³-hybridized carbons (Fsp3) is 0. The number of anilines is 2. The Labute approximate surface area is 150 Å². The Balaban J connectivity index is 1.72. The highest BCUT2D eigenvalue weighted by atomic mass is 16.5. The van der Waals surface area contributed by atoms with Gasteiger partial charge in [-0.2, -0.15) is 0 Å². The maximum Gasteiger partial charge on any atom is 0.343 e. The molecule has 4 N–H and O–H groups in total. The Morgan fingerprint density at radius 1 is 0.615 bits per heavy atom. The van der Waals surface area contributed by atoms with E-state index in [1.54, 1.807) is 66.7 Å². The lowest BCUT2D eigenvalue weighted by Gasteiger charge is -2.07. The van der Waals surface area contributed by atoms with Gasteiger partial charge in [-0.25, -0.2) is 9.59 Å². The molecule has 0 fully saturated rings. The minimum atomic E-state index is -0.586. The summed E-state index contributed by atoms with van der Waals surface area (Å²) in [5, 5.41) is 0. The van der Waals surface area contributed by atoms with E-state index in [4.69, 9.17) is 20.9 Å². The Bertz CT molecular complexity index is 860. The molecule has 130 valence electrons.